The molecule has 0 rings (SSSR count). The van der Waals surface area contributed by atoms with Gasteiger partial charge in [0.1, 0.15) is 0 Å². The quantitative estimate of drug-likeness (QED) is 0.579. The van der Waals surface area contributed by atoms with E-state index in [1.807, 2.05) is 0 Å². The Hall–Kier alpha value is 0.310. The second kappa shape index (κ2) is 5.04. The largest absolute Gasteiger partial charge is 0.330 e. The number of quaternary nitrogens is 1. The summed E-state index contributed by atoms with van der Waals surface area (Å²) in [7, 11) is 6.79. The molecule has 0 N–H and O–H groups in total. The van der Waals surface area contributed by atoms with Gasteiger partial charge in [-0.1, -0.05) is 13.8 Å². The Kier molecular flexibility index (Phi) is 5.19. The highest BCUT2D eigenvalue weighted by Gasteiger charge is 2.15. The smallest absolute Gasteiger partial charge is 0.0900 e. The standard InChI is InChI=1S/C9H22NS/c1-6-9(11-7-2)8-10(3,4)5/h9H,6-8H2,1-5H3/q+1. The molecular formula is C9H22NS+. The van der Waals surface area contributed by atoms with E-state index in [4.69, 9.17) is 0 Å². The van der Waals surface area contributed by atoms with Crippen molar-refractivity contribution < 1.29 is 4.48 Å². The predicted molar refractivity (Wildman–Crippen MR) is 55.1 cm³/mol. The van der Waals surface area contributed by atoms with Crippen LogP contribution >= 0.6 is 11.8 Å². The first-order chi connectivity index (χ1) is 4.99. The first kappa shape index (κ1) is 11.3. The van der Waals surface area contributed by atoms with Crippen LogP contribution in [-0.4, -0.2) is 43.2 Å². The molecule has 0 aromatic carbocycles. The van der Waals surface area contributed by atoms with Crippen molar-refractivity contribution in [2.75, 3.05) is 33.4 Å². The number of hydrogen-bond donors (Lipinski definition) is 0. The van der Waals surface area contributed by atoms with Crippen molar-refractivity contribution in [1.29, 1.82) is 0 Å². The molecule has 0 fully saturated rings. The fourth-order valence-electron chi connectivity index (χ4n) is 1.15. The van der Waals surface area contributed by atoms with Gasteiger partial charge in [-0.15, -0.1) is 0 Å². The summed E-state index contributed by atoms with van der Waals surface area (Å²) in [6.07, 6.45) is 1.30. The highest BCUT2D eigenvalue weighted by atomic mass is 32.2. The van der Waals surface area contributed by atoms with Crippen LogP contribution in [0.4, 0.5) is 0 Å². The number of nitrogens with zero attached hydrogens (tertiary/aromatic N) is 1. The third-order valence-electron chi connectivity index (χ3n) is 1.61. The molecule has 68 valence electrons. The molecule has 1 nitrogen and oxygen atoms in total. The van der Waals surface area contributed by atoms with E-state index >= 15 is 0 Å². The van der Waals surface area contributed by atoms with Crippen LogP contribution < -0.4 is 0 Å². The Morgan fingerprint density at radius 3 is 2.00 bits per heavy atom. The van der Waals surface area contributed by atoms with E-state index in [1.165, 1.54) is 18.7 Å². The lowest BCUT2D eigenvalue weighted by molar-refractivity contribution is -0.869. The summed E-state index contributed by atoms with van der Waals surface area (Å²) in [5.41, 5.74) is 0. The summed E-state index contributed by atoms with van der Waals surface area (Å²) >= 11 is 2.09. The van der Waals surface area contributed by atoms with Gasteiger partial charge in [-0.3, -0.25) is 0 Å². The molecule has 0 amide bonds. The van der Waals surface area contributed by atoms with Crippen LogP contribution in [0, 0.1) is 0 Å². The Labute approximate surface area is 75.8 Å². The van der Waals surface area contributed by atoms with Crippen LogP contribution in [0.2, 0.25) is 0 Å². The third-order valence-corrected chi connectivity index (χ3v) is 2.90. The lowest BCUT2D eigenvalue weighted by atomic mass is 10.3. The van der Waals surface area contributed by atoms with Crippen molar-refractivity contribution in [2.24, 2.45) is 0 Å². The third kappa shape index (κ3) is 6.70. The minimum atomic E-state index is 0.847. The van der Waals surface area contributed by atoms with Gasteiger partial charge < -0.3 is 4.48 Å². The minimum absolute atomic E-state index is 0.847. The van der Waals surface area contributed by atoms with E-state index in [0.717, 1.165) is 9.73 Å². The van der Waals surface area contributed by atoms with Gasteiger partial charge in [0.15, 0.2) is 0 Å². The second-order valence-corrected chi connectivity index (χ2v) is 5.54. The van der Waals surface area contributed by atoms with Crippen LogP contribution in [-0.2, 0) is 0 Å². The van der Waals surface area contributed by atoms with Crippen LogP contribution in [0.15, 0.2) is 0 Å². The van der Waals surface area contributed by atoms with Gasteiger partial charge in [0.25, 0.3) is 0 Å². The minimum Gasteiger partial charge on any atom is -0.330 e. The van der Waals surface area contributed by atoms with Crippen LogP contribution in [0.3, 0.4) is 0 Å². The lowest BCUT2D eigenvalue weighted by Gasteiger charge is -2.28. The molecule has 0 aliphatic heterocycles. The van der Waals surface area contributed by atoms with E-state index in [0.29, 0.717) is 0 Å². The Morgan fingerprint density at radius 2 is 1.73 bits per heavy atom. The van der Waals surface area contributed by atoms with Crippen molar-refractivity contribution in [2.45, 2.75) is 25.5 Å². The van der Waals surface area contributed by atoms with Crippen LogP contribution in [0.5, 0.6) is 0 Å². The molecule has 0 saturated carbocycles. The molecule has 0 spiro atoms. The highest BCUT2D eigenvalue weighted by Crippen LogP contribution is 2.16. The highest BCUT2D eigenvalue weighted by molar-refractivity contribution is 7.99. The molecule has 1 unspecified atom stereocenters. The van der Waals surface area contributed by atoms with Gasteiger partial charge in [-0.2, -0.15) is 11.8 Å². The number of thioether (sulfide) groups is 1. The van der Waals surface area contributed by atoms with Gasteiger partial charge in [0.2, 0.25) is 0 Å². The fraction of sp³-hybridized carbons (Fsp3) is 1.00. The average Bonchev–Trinajstić information content (AvgIpc) is 1.84. The van der Waals surface area contributed by atoms with E-state index in [2.05, 4.69) is 46.8 Å². The summed E-state index contributed by atoms with van der Waals surface area (Å²) in [5, 5.41) is 0.847. The fourth-order valence-corrected chi connectivity index (χ4v) is 2.41. The van der Waals surface area contributed by atoms with E-state index in [9.17, 15) is 0 Å². The second-order valence-electron chi connectivity index (χ2n) is 3.96. The molecule has 0 saturated heterocycles. The zero-order valence-corrected chi connectivity index (χ0v) is 9.37. The molecule has 0 heterocycles. The van der Waals surface area contributed by atoms with Gasteiger partial charge in [-0.05, 0) is 12.2 Å². The number of hydrogen-bond acceptors (Lipinski definition) is 1. The summed E-state index contributed by atoms with van der Waals surface area (Å²) in [4.78, 5) is 0. The summed E-state index contributed by atoms with van der Waals surface area (Å²) in [5.74, 6) is 1.25. The SMILES string of the molecule is CCSC(CC)C[N+](C)(C)C. The molecule has 0 aromatic rings. The molecule has 0 aliphatic rings. The first-order valence-electron chi connectivity index (χ1n) is 4.41. The van der Waals surface area contributed by atoms with Crippen molar-refractivity contribution in [3.63, 3.8) is 0 Å². The molecule has 0 aromatic heterocycles. The monoisotopic (exact) mass is 176 g/mol. The van der Waals surface area contributed by atoms with E-state index in [1.54, 1.807) is 0 Å². The number of rotatable bonds is 5. The van der Waals surface area contributed by atoms with Crippen molar-refractivity contribution in [3.8, 4) is 0 Å². The average molecular weight is 176 g/mol. The van der Waals surface area contributed by atoms with E-state index < -0.39 is 0 Å². The lowest BCUT2D eigenvalue weighted by Crippen LogP contribution is -2.40. The molecule has 0 bridgehead atoms. The molecule has 2 heteroatoms. The van der Waals surface area contributed by atoms with Crippen molar-refractivity contribution >= 4 is 11.8 Å². The summed E-state index contributed by atoms with van der Waals surface area (Å²) < 4.78 is 1.09. The topological polar surface area (TPSA) is 0 Å². The predicted octanol–water partition coefficient (Wildman–Crippen LogP) is 2.22. The molecule has 11 heavy (non-hydrogen) atoms. The summed E-state index contributed by atoms with van der Waals surface area (Å²) in [6.45, 7) is 5.81. The molecule has 1 atom stereocenters. The Morgan fingerprint density at radius 1 is 1.18 bits per heavy atom. The van der Waals surface area contributed by atoms with Gasteiger partial charge in [-0.25, -0.2) is 0 Å². The zero-order valence-electron chi connectivity index (χ0n) is 8.55. The molecular weight excluding hydrogens is 154 g/mol. The normalized spacial score (nSPS) is 15.0. The van der Waals surface area contributed by atoms with Crippen LogP contribution in [0.1, 0.15) is 20.3 Å². The zero-order chi connectivity index (χ0) is 8.91. The van der Waals surface area contributed by atoms with Crippen molar-refractivity contribution in [3.05, 3.63) is 0 Å². The van der Waals surface area contributed by atoms with Crippen molar-refractivity contribution in [1.82, 2.24) is 0 Å². The summed E-state index contributed by atoms with van der Waals surface area (Å²) in [6, 6.07) is 0. The van der Waals surface area contributed by atoms with Gasteiger partial charge >= 0.3 is 0 Å². The first-order valence-corrected chi connectivity index (χ1v) is 5.46. The van der Waals surface area contributed by atoms with Crippen LogP contribution in [0.25, 0.3) is 0 Å². The maximum Gasteiger partial charge on any atom is 0.0900 e. The molecule has 0 radical (unpaired) electrons. The molecule has 0 aliphatic carbocycles. The maximum absolute atomic E-state index is 2.28. The maximum atomic E-state index is 2.28. The van der Waals surface area contributed by atoms with Gasteiger partial charge in [0.05, 0.1) is 32.9 Å². The van der Waals surface area contributed by atoms with E-state index in [-0.39, 0.29) is 0 Å². The Bertz CT molecular complexity index is 96.2. The Balaban J connectivity index is 3.68. The van der Waals surface area contributed by atoms with Gasteiger partial charge in [0, 0.05) is 0 Å².